The van der Waals surface area contributed by atoms with Crippen LogP contribution in [0.15, 0.2) is 72.8 Å². The van der Waals surface area contributed by atoms with E-state index in [1.54, 1.807) is 12.1 Å². The summed E-state index contributed by atoms with van der Waals surface area (Å²) >= 11 is 0. The number of phenols is 1. The summed E-state index contributed by atoms with van der Waals surface area (Å²) in [4.78, 5) is 12.5. The van der Waals surface area contributed by atoms with Crippen LogP contribution >= 0.6 is 0 Å². The minimum atomic E-state index is -1.25. The molecule has 0 unspecified atom stereocenters. The van der Waals surface area contributed by atoms with Crippen LogP contribution in [0.4, 0.5) is 0 Å². The molecule has 0 spiro atoms. The molecule has 0 saturated carbocycles. The summed E-state index contributed by atoms with van der Waals surface area (Å²) in [6.07, 6.45) is 0. The number of carbonyl (C=O) groups is 1. The van der Waals surface area contributed by atoms with Crippen molar-refractivity contribution in [2.45, 2.75) is 5.41 Å². The van der Waals surface area contributed by atoms with Crippen molar-refractivity contribution in [2.75, 3.05) is 0 Å². The first-order chi connectivity index (χ1) is 11.2. The molecule has 3 heteroatoms. The average molecular weight is 302 g/mol. The first-order valence-electron chi connectivity index (χ1n) is 7.38. The van der Waals surface area contributed by atoms with Gasteiger partial charge in [0.1, 0.15) is 11.2 Å². The van der Waals surface area contributed by atoms with Crippen LogP contribution in [0.3, 0.4) is 0 Å². The van der Waals surface area contributed by atoms with Crippen LogP contribution in [-0.4, -0.2) is 16.2 Å². The molecule has 4 rings (SSSR count). The Morgan fingerprint density at radius 1 is 0.739 bits per heavy atom. The van der Waals surface area contributed by atoms with Crippen molar-refractivity contribution < 1.29 is 15.0 Å². The van der Waals surface area contributed by atoms with Gasteiger partial charge >= 0.3 is 5.97 Å². The molecule has 0 aliphatic heterocycles. The molecule has 0 radical (unpaired) electrons. The van der Waals surface area contributed by atoms with Gasteiger partial charge in [-0.25, -0.2) is 0 Å². The topological polar surface area (TPSA) is 57.5 Å². The van der Waals surface area contributed by atoms with Crippen molar-refractivity contribution >= 4 is 5.97 Å². The third kappa shape index (κ3) is 1.67. The number of carboxylic acids is 1. The monoisotopic (exact) mass is 302 g/mol. The fraction of sp³-hybridized carbons (Fsp3) is 0.0500. The molecule has 0 amide bonds. The Hall–Kier alpha value is -3.07. The molecule has 1 aliphatic rings. The Kier molecular flexibility index (Phi) is 2.78. The van der Waals surface area contributed by atoms with Crippen LogP contribution < -0.4 is 0 Å². The number of aliphatic carboxylic acids is 1. The second-order valence-electron chi connectivity index (χ2n) is 5.69. The second-order valence-corrected chi connectivity index (χ2v) is 5.69. The lowest BCUT2D eigenvalue weighted by Crippen LogP contribution is -2.36. The number of rotatable bonds is 2. The molecule has 0 saturated heterocycles. The number of benzene rings is 3. The first-order valence-corrected chi connectivity index (χ1v) is 7.38. The summed E-state index contributed by atoms with van der Waals surface area (Å²) in [6, 6.07) is 21.7. The predicted molar refractivity (Wildman–Crippen MR) is 87.5 cm³/mol. The number of carboxylic acid groups (broad SMARTS) is 1. The molecule has 23 heavy (non-hydrogen) atoms. The van der Waals surface area contributed by atoms with E-state index in [0.717, 1.165) is 22.3 Å². The van der Waals surface area contributed by atoms with E-state index in [2.05, 4.69) is 0 Å². The van der Waals surface area contributed by atoms with Crippen LogP contribution in [0.1, 0.15) is 16.7 Å². The molecular formula is C20H14O3. The van der Waals surface area contributed by atoms with Crippen molar-refractivity contribution in [3.05, 3.63) is 89.5 Å². The molecule has 0 heterocycles. The molecule has 0 bridgehead atoms. The lowest BCUT2D eigenvalue weighted by atomic mass is 9.72. The molecule has 0 fully saturated rings. The maximum atomic E-state index is 12.5. The number of fused-ring (bicyclic) bond motifs is 3. The van der Waals surface area contributed by atoms with E-state index in [1.807, 2.05) is 48.5 Å². The van der Waals surface area contributed by atoms with Crippen LogP contribution in [0.5, 0.6) is 5.75 Å². The first kappa shape index (κ1) is 13.6. The van der Waals surface area contributed by atoms with Gasteiger partial charge in [0.25, 0.3) is 0 Å². The highest BCUT2D eigenvalue weighted by atomic mass is 16.4. The summed E-state index contributed by atoms with van der Waals surface area (Å²) in [7, 11) is 0. The number of hydrogen-bond donors (Lipinski definition) is 2. The quantitative estimate of drug-likeness (QED) is 0.757. The van der Waals surface area contributed by atoms with E-state index in [-0.39, 0.29) is 5.75 Å². The lowest BCUT2D eigenvalue weighted by Gasteiger charge is -2.28. The standard InChI is InChI=1S/C20H14O3/c21-14-11-9-13(10-12-14)20(19(22)23)17-7-3-1-5-15(17)16-6-2-4-8-18(16)20/h1-12,21H,(H,22,23). The smallest absolute Gasteiger partial charge is 0.323 e. The van der Waals surface area contributed by atoms with Gasteiger partial charge in [0.2, 0.25) is 0 Å². The van der Waals surface area contributed by atoms with Gasteiger partial charge in [-0.15, -0.1) is 0 Å². The molecule has 3 aromatic rings. The third-order valence-electron chi connectivity index (χ3n) is 4.57. The normalized spacial score (nSPS) is 14.1. The average Bonchev–Trinajstić information content (AvgIpc) is 2.87. The molecular weight excluding hydrogens is 288 g/mol. The van der Waals surface area contributed by atoms with Gasteiger partial charge in [0.15, 0.2) is 0 Å². The van der Waals surface area contributed by atoms with Crippen molar-refractivity contribution in [3.63, 3.8) is 0 Å². The van der Waals surface area contributed by atoms with Crippen molar-refractivity contribution in [2.24, 2.45) is 0 Å². The fourth-order valence-corrected chi connectivity index (χ4v) is 3.61. The lowest BCUT2D eigenvalue weighted by molar-refractivity contribution is -0.140. The highest BCUT2D eigenvalue weighted by Gasteiger charge is 2.50. The van der Waals surface area contributed by atoms with Gasteiger partial charge in [-0.3, -0.25) is 4.79 Å². The summed E-state index contributed by atoms with van der Waals surface area (Å²) in [5.74, 6) is -0.797. The third-order valence-corrected chi connectivity index (χ3v) is 4.57. The second kappa shape index (κ2) is 4.71. The van der Waals surface area contributed by atoms with Crippen LogP contribution in [0.25, 0.3) is 11.1 Å². The summed E-state index contributed by atoms with van der Waals surface area (Å²) in [6.45, 7) is 0. The fourth-order valence-electron chi connectivity index (χ4n) is 3.61. The van der Waals surface area contributed by atoms with Crippen molar-refractivity contribution in [3.8, 4) is 16.9 Å². The van der Waals surface area contributed by atoms with E-state index >= 15 is 0 Å². The zero-order chi connectivity index (χ0) is 16.0. The van der Waals surface area contributed by atoms with Gasteiger partial charge in [-0.05, 0) is 39.9 Å². The Balaban J connectivity index is 2.15. The van der Waals surface area contributed by atoms with Gasteiger partial charge in [0, 0.05) is 0 Å². The maximum absolute atomic E-state index is 12.5. The number of aromatic hydroxyl groups is 1. The summed E-state index contributed by atoms with van der Waals surface area (Å²) in [5, 5.41) is 19.8. The van der Waals surface area contributed by atoms with E-state index in [1.165, 1.54) is 12.1 Å². The zero-order valence-electron chi connectivity index (χ0n) is 12.2. The molecule has 0 aromatic heterocycles. The molecule has 3 aromatic carbocycles. The molecule has 3 nitrogen and oxygen atoms in total. The Morgan fingerprint density at radius 3 is 1.70 bits per heavy atom. The molecule has 2 N–H and O–H groups in total. The molecule has 0 atom stereocenters. The van der Waals surface area contributed by atoms with E-state index in [4.69, 9.17) is 0 Å². The van der Waals surface area contributed by atoms with E-state index in [9.17, 15) is 15.0 Å². The molecule has 1 aliphatic carbocycles. The minimum Gasteiger partial charge on any atom is -0.508 e. The predicted octanol–water partition coefficient (Wildman–Crippen LogP) is 3.79. The Bertz CT molecular complexity index is 865. The van der Waals surface area contributed by atoms with E-state index in [0.29, 0.717) is 5.56 Å². The molecule has 112 valence electrons. The zero-order valence-corrected chi connectivity index (χ0v) is 12.2. The SMILES string of the molecule is O=C(O)C1(c2ccc(O)cc2)c2ccccc2-c2ccccc21. The number of phenolic OH excluding ortho intramolecular Hbond substituents is 1. The van der Waals surface area contributed by atoms with Crippen LogP contribution in [0, 0.1) is 0 Å². The largest absolute Gasteiger partial charge is 0.508 e. The Morgan fingerprint density at radius 2 is 1.22 bits per heavy atom. The Labute approximate surface area is 133 Å². The summed E-state index contributed by atoms with van der Waals surface area (Å²) in [5.41, 5.74) is 2.80. The minimum absolute atomic E-state index is 0.119. The van der Waals surface area contributed by atoms with Gasteiger partial charge in [0.05, 0.1) is 0 Å². The van der Waals surface area contributed by atoms with Crippen molar-refractivity contribution in [1.29, 1.82) is 0 Å². The highest BCUT2D eigenvalue weighted by molar-refractivity contribution is 6.00. The van der Waals surface area contributed by atoms with Gasteiger partial charge in [-0.2, -0.15) is 0 Å². The number of hydrogen-bond acceptors (Lipinski definition) is 2. The van der Waals surface area contributed by atoms with Crippen molar-refractivity contribution in [1.82, 2.24) is 0 Å². The van der Waals surface area contributed by atoms with E-state index < -0.39 is 11.4 Å². The van der Waals surface area contributed by atoms with Gasteiger partial charge in [-0.1, -0.05) is 60.7 Å². The van der Waals surface area contributed by atoms with Gasteiger partial charge < -0.3 is 10.2 Å². The highest BCUT2D eigenvalue weighted by Crippen LogP contribution is 2.52. The van der Waals surface area contributed by atoms with Crippen LogP contribution in [-0.2, 0) is 10.2 Å². The van der Waals surface area contributed by atoms with Crippen LogP contribution in [0.2, 0.25) is 0 Å². The summed E-state index contributed by atoms with van der Waals surface area (Å²) < 4.78 is 0. The maximum Gasteiger partial charge on any atom is 0.323 e.